The summed E-state index contributed by atoms with van der Waals surface area (Å²) in [7, 11) is 0. The Bertz CT molecular complexity index is 638. The lowest BCUT2D eigenvalue weighted by atomic mass is 10.1. The molecule has 2 rings (SSSR count). The van der Waals surface area contributed by atoms with Crippen molar-refractivity contribution in [2.24, 2.45) is 0 Å². The number of ether oxygens (including phenoxy) is 1. The molecular formula is C16H18ClF3N2O3. The van der Waals surface area contributed by atoms with E-state index in [0.29, 0.717) is 18.0 Å². The Hall–Kier alpha value is -1.96. The van der Waals surface area contributed by atoms with Crippen molar-refractivity contribution in [3.05, 3.63) is 28.8 Å². The second-order valence-electron chi connectivity index (χ2n) is 5.72. The third-order valence-corrected chi connectivity index (χ3v) is 3.87. The van der Waals surface area contributed by atoms with Gasteiger partial charge in [0.05, 0.1) is 12.2 Å². The number of carbonyl (C=O) groups excluding carboxylic acids is 2. The number of piperidine rings is 1. The zero-order valence-corrected chi connectivity index (χ0v) is 14.0. The van der Waals surface area contributed by atoms with E-state index in [0.717, 1.165) is 0 Å². The molecule has 1 aliphatic heterocycles. The third-order valence-electron chi connectivity index (χ3n) is 3.63. The maximum absolute atomic E-state index is 12.4. The molecule has 1 atom stereocenters. The first-order valence-corrected chi connectivity index (χ1v) is 8.19. The molecule has 2 amide bonds. The highest BCUT2D eigenvalue weighted by atomic mass is 35.5. The summed E-state index contributed by atoms with van der Waals surface area (Å²) in [5, 5.41) is 5.71. The van der Waals surface area contributed by atoms with Gasteiger partial charge in [-0.3, -0.25) is 9.59 Å². The van der Waals surface area contributed by atoms with Gasteiger partial charge in [-0.05, 0) is 31.0 Å². The van der Waals surface area contributed by atoms with Crippen LogP contribution in [-0.2, 0) is 4.79 Å². The molecule has 1 aromatic rings. The SMILES string of the molecule is O=C1CC(NC(=O)c2ccc(Cl)cc2OCCCC(F)(F)F)CCN1. The van der Waals surface area contributed by atoms with Crippen molar-refractivity contribution < 1.29 is 27.5 Å². The first-order chi connectivity index (χ1) is 11.7. The molecule has 1 aromatic carbocycles. The van der Waals surface area contributed by atoms with Gasteiger partial charge in [0.15, 0.2) is 0 Å². The smallest absolute Gasteiger partial charge is 0.389 e. The van der Waals surface area contributed by atoms with Crippen molar-refractivity contribution in [3.8, 4) is 5.75 Å². The number of alkyl halides is 3. The summed E-state index contributed by atoms with van der Waals surface area (Å²) >= 11 is 5.87. The Kier molecular flexibility index (Phi) is 6.52. The molecule has 5 nitrogen and oxygen atoms in total. The van der Waals surface area contributed by atoms with E-state index in [2.05, 4.69) is 10.6 Å². The second kappa shape index (κ2) is 8.42. The Labute approximate surface area is 147 Å². The fraction of sp³-hybridized carbons (Fsp3) is 0.500. The molecule has 0 spiro atoms. The van der Waals surface area contributed by atoms with Crippen LogP contribution in [0.5, 0.6) is 5.75 Å². The Morgan fingerprint density at radius 2 is 2.16 bits per heavy atom. The molecule has 1 aliphatic rings. The molecule has 1 heterocycles. The van der Waals surface area contributed by atoms with Crippen molar-refractivity contribution in [2.45, 2.75) is 37.9 Å². The Balaban J connectivity index is 1.99. The first kappa shape index (κ1) is 19.4. The van der Waals surface area contributed by atoms with Gasteiger partial charge >= 0.3 is 6.18 Å². The van der Waals surface area contributed by atoms with Crippen LogP contribution in [-0.4, -0.2) is 37.2 Å². The maximum atomic E-state index is 12.4. The van der Waals surface area contributed by atoms with Crippen LogP contribution >= 0.6 is 11.6 Å². The molecule has 25 heavy (non-hydrogen) atoms. The van der Waals surface area contributed by atoms with E-state index in [1.165, 1.54) is 18.2 Å². The van der Waals surface area contributed by atoms with Gasteiger partial charge in [-0.2, -0.15) is 13.2 Å². The van der Waals surface area contributed by atoms with Crippen molar-refractivity contribution in [1.29, 1.82) is 0 Å². The number of hydrogen-bond donors (Lipinski definition) is 2. The molecule has 9 heteroatoms. The quantitative estimate of drug-likeness (QED) is 0.748. The molecule has 0 aromatic heterocycles. The summed E-state index contributed by atoms with van der Waals surface area (Å²) in [6, 6.07) is 4.03. The molecule has 1 saturated heterocycles. The lowest BCUT2D eigenvalue weighted by molar-refractivity contribution is -0.136. The second-order valence-corrected chi connectivity index (χ2v) is 6.16. The molecular weight excluding hydrogens is 361 g/mol. The summed E-state index contributed by atoms with van der Waals surface area (Å²) in [6.07, 6.45) is -4.65. The van der Waals surface area contributed by atoms with Crippen molar-refractivity contribution in [3.63, 3.8) is 0 Å². The minimum Gasteiger partial charge on any atom is -0.493 e. The lowest BCUT2D eigenvalue weighted by Gasteiger charge is -2.23. The van der Waals surface area contributed by atoms with Gasteiger partial charge in [0.1, 0.15) is 5.75 Å². The topological polar surface area (TPSA) is 67.4 Å². The highest BCUT2D eigenvalue weighted by Crippen LogP contribution is 2.25. The average molecular weight is 379 g/mol. The number of amides is 2. The molecule has 0 bridgehead atoms. The van der Waals surface area contributed by atoms with Gasteiger partial charge in [-0.1, -0.05) is 11.6 Å². The van der Waals surface area contributed by atoms with Crippen LogP contribution in [0.15, 0.2) is 18.2 Å². The fourth-order valence-corrected chi connectivity index (χ4v) is 2.59. The average Bonchev–Trinajstić information content (AvgIpc) is 2.50. The number of halogens is 4. The zero-order chi connectivity index (χ0) is 18.4. The van der Waals surface area contributed by atoms with Gasteiger partial charge in [0.25, 0.3) is 5.91 Å². The van der Waals surface area contributed by atoms with E-state index in [9.17, 15) is 22.8 Å². The zero-order valence-electron chi connectivity index (χ0n) is 13.3. The molecule has 1 fully saturated rings. The van der Waals surface area contributed by atoms with E-state index in [1.54, 1.807) is 0 Å². The molecule has 138 valence electrons. The summed E-state index contributed by atoms with van der Waals surface area (Å²) in [5.41, 5.74) is 0.169. The van der Waals surface area contributed by atoms with E-state index in [1.807, 2.05) is 0 Å². The minimum atomic E-state index is -4.25. The minimum absolute atomic E-state index is 0.118. The van der Waals surface area contributed by atoms with Crippen LogP contribution in [0.1, 0.15) is 36.0 Å². The summed E-state index contributed by atoms with van der Waals surface area (Å²) in [4.78, 5) is 23.8. The normalized spacial score (nSPS) is 17.8. The molecule has 2 N–H and O–H groups in total. The highest BCUT2D eigenvalue weighted by molar-refractivity contribution is 6.30. The van der Waals surface area contributed by atoms with Gasteiger partial charge in [-0.25, -0.2) is 0 Å². The predicted molar refractivity (Wildman–Crippen MR) is 85.7 cm³/mol. The van der Waals surface area contributed by atoms with Gasteiger partial charge in [0.2, 0.25) is 5.91 Å². The highest BCUT2D eigenvalue weighted by Gasteiger charge is 2.26. The van der Waals surface area contributed by atoms with Crippen LogP contribution in [0.25, 0.3) is 0 Å². The largest absolute Gasteiger partial charge is 0.493 e. The van der Waals surface area contributed by atoms with Crippen LogP contribution in [0.3, 0.4) is 0 Å². The molecule has 1 unspecified atom stereocenters. The number of benzene rings is 1. The fourth-order valence-electron chi connectivity index (χ4n) is 2.43. The van der Waals surface area contributed by atoms with E-state index >= 15 is 0 Å². The Morgan fingerprint density at radius 3 is 2.84 bits per heavy atom. The number of hydrogen-bond acceptors (Lipinski definition) is 3. The molecule has 0 aliphatic carbocycles. The molecule has 0 saturated carbocycles. The summed E-state index contributed by atoms with van der Waals surface area (Å²) < 4.78 is 41.8. The maximum Gasteiger partial charge on any atom is 0.389 e. The monoisotopic (exact) mass is 378 g/mol. The van der Waals surface area contributed by atoms with Crippen molar-refractivity contribution in [1.82, 2.24) is 10.6 Å². The van der Waals surface area contributed by atoms with E-state index < -0.39 is 18.5 Å². The van der Waals surface area contributed by atoms with Crippen molar-refractivity contribution >= 4 is 23.4 Å². The van der Waals surface area contributed by atoms with Crippen LogP contribution < -0.4 is 15.4 Å². The third kappa shape index (κ3) is 6.45. The van der Waals surface area contributed by atoms with Crippen LogP contribution in [0.2, 0.25) is 5.02 Å². The summed E-state index contributed by atoms with van der Waals surface area (Å²) in [5.74, 6) is -0.481. The summed E-state index contributed by atoms with van der Waals surface area (Å²) in [6.45, 7) is 0.289. The van der Waals surface area contributed by atoms with Crippen LogP contribution in [0, 0.1) is 0 Å². The van der Waals surface area contributed by atoms with E-state index in [4.69, 9.17) is 16.3 Å². The van der Waals surface area contributed by atoms with Gasteiger partial charge in [0, 0.05) is 30.5 Å². The lowest BCUT2D eigenvalue weighted by Crippen LogP contribution is -2.45. The van der Waals surface area contributed by atoms with Gasteiger partial charge in [-0.15, -0.1) is 0 Å². The number of rotatable bonds is 6. The number of nitrogens with one attached hydrogen (secondary N) is 2. The van der Waals surface area contributed by atoms with Crippen molar-refractivity contribution in [2.75, 3.05) is 13.2 Å². The van der Waals surface area contributed by atoms with Gasteiger partial charge < -0.3 is 15.4 Å². The molecule has 0 radical (unpaired) electrons. The van der Waals surface area contributed by atoms with E-state index in [-0.39, 0.29) is 42.7 Å². The Morgan fingerprint density at radius 1 is 1.40 bits per heavy atom. The predicted octanol–water partition coefficient (Wildman–Crippen LogP) is 3.07. The van der Waals surface area contributed by atoms with Crippen LogP contribution in [0.4, 0.5) is 13.2 Å². The first-order valence-electron chi connectivity index (χ1n) is 7.81. The number of carbonyl (C=O) groups is 2. The standard InChI is InChI=1S/C16H18ClF3N2O3/c17-10-2-3-12(13(8-10)25-7-1-5-16(18,19)20)15(24)22-11-4-6-21-14(23)9-11/h2-3,8,11H,1,4-7,9H2,(H,21,23)(H,22,24).